The average molecular weight is 494 g/mol. The lowest BCUT2D eigenvalue weighted by Crippen LogP contribution is -2.18. The number of aromatic nitrogens is 2. The Bertz CT molecular complexity index is 1380. The van der Waals surface area contributed by atoms with Crippen molar-refractivity contribution in [1.29, 1.82) is 0 Å². The van der Waals surface area contributed by atoms with Gasteiger partial charge in [-0.1, -0.05) is 41.4 Å². The number of nitrogens with zero attached hydrogens (tertiary/aromatic N) is 1. The average Bonchev–Trinajstić information content (AvgIpc) is 3.00. The second-order valence-corrected chi connectivity index (χ2v) is 7.88. The number of carbonyl (C=O) groups is 1. The van der Waals surface area contributed by atoms with E-state index in [1.54, 1.807) is 44.2 Å². The normalized spacial score (nSPS) is 10.8. The van der Waals surface area contributed by atoms with Crippen molar-refractivity contribution in [1.82, 2.24) is 9.97 Å². The van der Waals surface area contributed by atoms with Crippen LogP contribution in [0.3, 0.4) is 0 Å². The van der Waals surface area contributed by atoms with Crippen molar-refractivity contribution >= 4 is 64.1 Å². The van der Waals surface area contributed by atoms with Crippen molar-refractivity contribution in [3.63, 3.8) is 0 Å². The molecule has 2 aromatic carbocycles. The molecule has 0 atom stereocenters. The molecule has 4 rings (SSSR count). The van der Waals surface area contributed by atoms with Gasteiger partial charge in [0.2, 0.25) is 5.95 Å². The minimum absolute atomic E-state index is 0. The van der Waals surface area contributed by atoms with Gasteiger partial charge in [-0.05, 0) is 32.0 Å². The zero-order valence-corrected chi connectivity index (χ0v) is 19.4. The second-order valence-electron chi connectivity index (χ2n) is 7.06. The Morgan fingerprint density at radius 3 is 2.44 bits per heavy atom. The summed E-state index contributed by atoms with van der Waals surface area (Å²) in [5, 5.41) is 4.09. The molecule has 0 radical (unpaired) electrons. The van der Waals surface area contributed by atoms with Crippen molar-refractivity contribution < 1.29 is 9.21 Å². The number of hydrogen-bond donors (Lipinski definition) is 3. The molecule has 0 saturated heterocycles. The summed E-state index contributed by atoms with van der Waals surface area (Å²) in [5.74, 6) is 0.250. The molecule has 2 heterocycles. The van der Waals surface area contributed by atoms with Crippen LogP contribution in [0.4, 0.5) is 11.6 Å². The minimum Gasteiger partial charge on any atom is -0.459 e. The lowest BCUT2D eigenvalue weighted by atomic mass is 10.0. The van der Waals surface area contributed by atoms with E-state index in [1.165, 1.54) is 0 Å². The number of aromatic amines is 1. The van der Waals surface area contributed by atoms with Gasteiger partial charge in [0.15, 0.2) is 5.58 Å². The van der Waals surface area contributed by atoms with Crippen LogP contribution in [0.5, 0.6) is 0 Å². The maximum Gasteiger partial charge on any atom is 0.258 e. The standard InChI is InChI=1S/C22H18Cl2N4O3.ClH/c1-10-13(20(29)28-22(25)26-10)9-14-11(2)31-19-12(14)5-3-8-17(19)27-21(30)18-15(23)6-4-7-16(18)24;/h3-8H,9H2,1-2H3,(H,27,30)(H3,25,26,28,29);1H. The number of fused-ring (bicyclic) bond motifs is 1. The molecule has 2 aromatic heterocycles. The fourth-order valence-corrected chi connectivity index (χ4v) is 4.09. The maximum absolute atomic E-state index is 12.8. The quantitative estimate of drug-likeness (QED) is 0.357. The minimum atomic E-state index is -0.450. The van der Waals surface area contributed by atoms with E-state index in [0.717, 1.165) is 10.9 Å². The highest BCUT2D eigenvalue weighted by Crippen LogP contribution is 2.33. The van der Waals surface area contributed by atoms with Crippen LogP contribution in [0.1, 0.15) is 32.9 Å². The summed E-state index contributed by atoms with van der Waals surface area (Å²) >= 11 is 12.3. The van der Waals surface area contributed by atoms with Crippen LogP contribution < -0.4 is 16.6 Å². The van der Waals surface area contributed by atoms with Gasteiger partial charge < -0.3 is 15.5 Å². The molecule has 0 saturated carbocycles. The first-order valence-electron chi connectivity index (χ1n) is 9.38. The number of hydrogen-bond acceptors (Lipinski definition) is 5. The van der Waals surface area contributed by atoms with Crippen LogP contribution in [0.2, 0.25) is 10.0 Å². The molecular weight excluding hydrogens is 475 g/mol. The third kappa shape index (κ3) is 4.32. The van der Waals surface area contributed by atoms with Gasteiger partial charge in [-0.15, -0.1) is 12.4 Å². The van der Waals surface area contributed by atoms with Crippen LogP contribution in [-0.4, -0.2) is 15.9 Å². The van der Waals surface area contributed by atoms with Crippen LogP contribution in [-0.2, 0) is 6.42 Å². The van der Waals surface area contributed by atoms with Gasteiger partial charge in [-0.25, -0.2) is 4.98 Å². The van der Waals surface area contributed by atoms with E-state index in [2.05, 4.69) is 15.3 Å². The Hall–Kier alpha value is -3.00. The number of para-hydroxylation sites is 1. The van der Waals surface area contributed by atoms with Gasteiger partial charge in [-0.3, -0.25) is 14.6 Å². The van der Waals surface area contributed by atoms with Crippen LogP contribution >= 0.6 is 35.6 Å². The van der Waals surface area contributed by atoms with Gasteiger partial charge in [0.05, 0.1) is 27.0 Å². The Morgan fingerprint density at radius 1 is 1.12 bits per heavy atom. The number of aryl methyl sites for hydroxylation is 2. The summed E-state index contributed by atoms with van der Waals surface area (Å²) < 4.78 is 5.97. The van der Waals surface area contributed by atoms with E-state index in [9.17, 15) is 9.59 Å². The zero-order chi connectivity index (χ0) is 22.3. The Labute approximate surface area is 199 Å². The van der Waals surface area contributed by atoms with E-state index in [1.807, 2.05) is 6.07 Å². The Kier molecular flexibility index (Phi) is 6.83. The van der Waals surface area contributed by atoms with Crippen molar-refractivity contribution in [3.05, 3.63) is 84.9 Å². The predicted molar refractivity (Wildman–Crippen MR) is 129 cm³/mol. The summed E-state index contributed by atoms with van der Waals surface area (Å²) in [4.78, 5) is 31.9. The summed E-state index contributed by atoms with van der Waals surface area (Å²) in [5.41, 5.74) is 8.32. The Balaban J connectivity index is 0.00000289. The lowest BCUT2D eigenvalue weighted by Gasteiger charge is -2.09. The highest BCUT2D eigenvalue weighted by Gasteiger charge is 2.20. The van der Waals surface area contributed by atoms with Crippen LogP contribution in [0, 0.1) is 13.8 Å². The number of anilines is 2. The van der Waals surface area contributed by atoms with E-state index >= 15 is 0 Å². The van der Waals surface area contributed by atoms with E-state index in [-0.39, 0.29) is 39.5 Å². The molecule has 32 heavy (non-hydrogen) atoms. The van der Waals surface area contributed by atoms with Crippen LogP contribution in [0.25, 0.3) is 11.0 Å². The number of H-pyrrole nitrogens is 1. The number of rotatable bonds is 4. The summed E-state index contributed by atoms with van der Waals surface area (Å²) in [6.07, 6.45) is 0.307. The lowest BCUT2D eigenvalue weighted by molar-refractivity contribution is 0.102. The first-order chi connectivity index (χ1) is 14.8. The highest BCUT2D eigenvalue weighted by molar-refractivity contribution is 6.40. The van der Waals surface area contributed by atoms with Gasteiger partial charge in [-0.2, -0.15) is 0 Å². The third-order valence-electron chi connectivity index (χ3n) is 5.05. The van der Waals surface area contributed by atoms with Crippen molar-refractivity contribution in [2.24, 2.45) is 0 Å². The number of nitrogens with one attached hydrogen (secondary N) is 2. The molecule has 1 amide bonds. The molecule has 4 N–H and O–H groups in total. The predicted octanol–water partition coefficient (Wildman–Crippen LogP) is 5.29. The number of nitrogens with two attached hydrogens (primary N) is 1. The number of furan rings is 1. The van der Waals surface area contributed by atoms with Crippen LogP contribution in [0.15, 0.2) is 45.6 Å². The summed E-state index contributed by atoms with van der Waals surface area (Å²) in [6, 6.07) is 10.2. The fourth-order valence-electron chi connectivity index (χ4n) is 3.52. The number of halogens is 3. The second kappa shape index (κ2) is 9.24. The molecule has 0 bridgehead atoms. The summed E-state index contributed by atoms with van der Waals surface area (Å²) in [6.45, 7) is 3.54. The molecule has 0 aliphatic rings. The van der Waals surface area contributed by atoms with Gasteiger partial charge in [0, 0.05) is 22.9 Å². The number of amides is 1. The zero-order valence-electron chi connectivity index (χ0n) is 17.1. The van der Waals surface area contributed by atoms with Crippen molar-refractivity contribution in [2.45, 2.75) is 20.3 Å². The molecule has 0 aliphatic heterocycles. The number of benzene rings is 2. The molecular formula is C22H19Cl3N4O3. The molecule has 4 aromatic rings. The topological polar surface area (TPSA) is 114 Å². The monoisotopic (exact) mass is 492 g/mol. The van der Waals surface area contributed by atoms with Crippen molar-refractivity contribution in [2.75, 3.05) is 11.1 Å². The maximum atomic E-state index is 12.8. The smallest absolute Gasteiger partial charge is 0.258 e. The first-order valence-corrected chi connectivity index (χ1v) is 10.1. The van der Waals surface area contributed by atoms with E-state index in [4.69, 9.17) is 33.4 Å². The number of carbonyl (C=O) groups excluding carboxylic acids is 1. The van der Waals surface area contributed by atoms with Gasteiger partial charge >= 0.3 is 0 Å². The first kappa shape index (κ1) is 23.7. The van der Waals surface area contributed by atoms with E-state index < -0.39 is 5.91 Å². The molecule has 0 fully saturated rings. The molecule has 10 heteroatoms. The number of nitrogen functional groups attached to an aromatic ring is 1. The fraction of sp³-hybridized carbons (Fsp3) is 0.136. The van der Waals surface area contributed by atoms with E-state index in [0.29, 0.717) is 34.7 Å². The summed E-state index contributed by atoms with van der Waals surface area (Å²) in [7, 11) is 0. The molecule has 0 aliphatic carbocycles. The van der Waals surface area contributed by atoms with Crippen molar-refractivity contribution in [3.8, 4) is 0 Å². The third-order valence-corrected chi connectivity index (χ3v) is 5.68. The van der Waals surface area contributed by atoms with Gasteiger partial charge in [0.1, 0.15) is 5.76 Å². The Morgan fingerprint density at radius 2 is 1.78 bits per heavy atom. The molecule has 166 valence electrons. The largest absolute Gasteiger partial charge is 0.459 e. The molecule has 7 nitrogen and oxygen atoms in total. The van der Waals surface area contributed by atoms with Gasteiger partial charge in [0.25, 0.3) is 11.5 Å². The SMILES string of the molecule is Cc1nc(N)[nH]c(=O)c1Cc1c(C)oc2c(NC(=O)c3c(Cl)cccc3Cl)cccc12.Cl. The highest BCUT2D eigenvalue weighted by atomic mass is 35.5. The molecule has 0 spiro atoms. The molecule has 0 unspecified atom stereocenters.